The molecule has 0 radical (unpaired) electrons. The molecule has 0 atom stereocenters. The van der Waals surface area contributed by atoms with E-state index in [2.05, 4.69) is 5.32 Å². The molecule has 0 fully saturated rings. The molecule has 1 amide bonds. The summed E-state index contributed by atoms with van der Waals surface area (Å²) in [4.78, 5) is 17.5. The smallest absolute Gasteiger partial charge is 0.261 e. The number of nitrogens with two attached hydrogens (primary N) is 1. The normalized spacial score (nSPS) is 10.7. The minimum Gasteiger partial charge on any atom is -0.496 e. The van der Waals surface area contributed by atoms with Crippen molar-refractivity contribution in [1.82, 2.24) is 10.3 Å². The first-order valence-corrected chi connectivity index (χ1v) is 11.0. The number of nitrogens with zero attached hydrogens (tertiary/aromatic N) is 1. The molecule has 10 nitrogen and oxygen atoms in total. The van der Waals surface area contributed by atoms with Crippen molar-refractivity contribution < 1.29 is 27.2 Å². The summed E-state index contributed by atoms with van der Waals surface area (Å²) in [5, 5.41) is 10.2. The summed E-state index contributed by atoms with van der Waals surface area (Å²) >= 11 is 0. The Morgan fingerprint density at radius 1 is 1.12 bits per heavy atom. The van der Waals surface area contributed by atoms with Crippen LogP contribution in [0.4, 0.5) is 0 Å². The Labute approximate surface area is 185 Å². The highest BCUT2D eigenvalue weighted by molar-refractivity contribution is 7.85. The van der Waals surface area contributed by atoms with Gasteiger partial charge in [-0.1, -0.05) is 24.3 Å². The fraction of sp³-hybridized carbons (Fsp3) is 0.190. The summed E-state index contributed by atoms with van der Waals surface area (Å²) in [5.41, 5.74) is 8.66. The van der Waals surface area contributed by atoms with Gasteiger partial charge in [0.05, 0.1) is 37.1 Å². The topological polar surface area (TPSA) is 165 Å². The number of aryl methyl sites for hydroxylation is 1. The summed E-state index contributed by atoms with van der Waals surface area (Å²) in [6.07, 6.45) is 0.715. The number of carbonyl (C=O) groups excluding carboxylic acids is 1. The van der Waals surface area contributed by atoms with E-state index in [4.69, 9.17) is 30.2 Å². The zero-order valence-electron chi connectivity index (χ0n) is 18.0. The number of guanidine groups is 1. The van der Waals surface area contributed by atoms with Crippen LogP contribution in [0.3, 0.4) is 0 Å². The van der Waals surface area contributed by atoms with E-state index in [1.54, 1.807) is 25.3 Å². The van der Waals surface area contributed by atoms with E-state index >= 15 is 0 Å². The highest BCUT2D eigenvalue weighted by Gasteiger charge is 2.21. The second-order valence-corrected chi connectivity index (χ2v) is 8.13. The lowest BCUT2D eigenvalue weighted by molar-refractivity contribution is 0.0978. The van der Waals surface area contributed by atoms with Gasteiger partial charge in [0.15, 0.2) is 5.96 Å². The monoisotopic (exact) mass is 460 g/mol. The molecule has 2 aromatic carbocycles. The largest absolute Gasteiger partial charge is 0.496 e. The lowest BCUT2D eigenvalue weighted by atomic mass is 10.00. The highest BCUT2D eigenvalue weighted by atomic mass is 32.2. The van der Waals surface area contributed by atoms with Crippen LogP contribution in [-0.2, 0) is 10.1 Å². The van der Waals surface area contributed by atoms with Crippen LogP contribution in [0, 0.1) is 12.3 Å². The molecule has 0 saturated carbocycles. The van der Waals surface area contributed by atoms with Crippen molar-refractivity contribution in [2.45, 2.75) is 6.92 Å². The number of nitrogens with one attached hydrogen (secondary N) is 2. The van der Waals surface area contributed by atoms with Crippen molar-refractivity contribution >= 4 is 32.9 Å². The molecule has 1 heterocycles. The van der Waals surface area contributed by atoms with Gasteiger partial charge in [-0.05, 0) is 30.7 Å². The maximum atomic E-state index is 12.7. The zero-order chi connectivity index (χ0) is 24.1. The molecule has 3 rings (SSSR count). The van der Waals surface area contributed by atoms with Gasteiger partial charge in [-0.25, -0.2) is 4.98 Å². The maximum absolute atomic E-state index is 12.7. The maximum Gasteiger partial charge on any atom is 0.261 e. The van der Waals surface area contributed by atoms with Crippen molar-refractivity contribution in [1.29, 1.82) is 5.41 Å². The Morgan fingerprint density at radius 3 is 2.22 bits per heavy atom. The Morgan fingerprint density at radius 2 is 1.69 bits per heavy atom. The van der Waals surface area contributed by atoms with E-state index in [-0.39, 0.29) is 0 Å². The van der Waals surface area contributed by atoms with Crippen LogP contribution in [0.25, 0.3) is 22.2 Å². The van der Waals surface area contributed by atoms with Gasteiger partial charge in [0.2, 0.25) is 0 Å². The number of amides is 1. The predicted molar refractivity (Wildman–Crippen MR) is 122 cm³/mol. The summed E-state index contributed by atoms with van der Waals surface area (Å²) in [7, 11) is -0.609. The molecule has 170 valence electrons. The van der Waals surface area contributed by atoms with E-state index in [0.29, 0.717) is 39.9 Å². The number of fused-ring (bicyclic) bond motifs is 1. The minimum atomic E-state index is -3.67. The molecule has 32 heavy (non-hydrogen) atoms. The molecule has 0 bridgehead atoms. The number of aromatic nitrogens is 1. The first kappa shape index (κ1) is 24.6. The van der Waals surface area contributed by atoms with Gasteiger partial charge in [-0.2, -0.15) is 8.42 Å². The fourth-order valence-corrected chi connectivity index (χ4v) is 2.99. The fourth-order valence-electron chi connectivity index (χ4n) is 2.99. The van der Waals surface area contributed by atoms with Crippen molar-refractivity contribution in [2.24, 2.45) is 5.73 Å². The number of carbonyl (C=O) groups is 1. The average molecular weight is 461 g/mol. The van der Waals surface area contributed by atoms with Gasteiger partial charge in [-0.3, -0.25) is 20.1 Å². The lowest BCUT2D eigenvalue weighted by Gasteiger charge is -2.15. The first-order valence-electron chi connectivity index (χ1n) is 9.15. The van der Waals surface area contributed by atoms with Crippen molar-refractivity contribution in [3.63, 3.8) is 0 Å². The highest BCUT2D eigenvalue weighted by Crippen LogP contribution is 2.37. The Bertz CT molecular complexity index is 1270. The molecular formula is C21H24N4O6S. The molecule has 3 aromatic rings. The van der Waals surface area contributed by atoms with Gasteiger partial charge in [0, 0.05) is 5.56 Å². The second kappa shape index (κ2) is 10.1. The van der Waals surface area contributed by atoms with E-state index in [0.717, 1.165) is 11.1 Å². The number of ether oxygens (including phenoxy) is 2. The van der Waals surface area contributed by atoms with Crippen LogP contribution in [0.15, 0.2) is 42.5 Å². The van der Waals surface area contributed by atoms with Crippen LogP contribution in [0.2, 0.25) is 0 Å². The third-order valence-electron chi connectivity index (χ3n) is 4.24. The Kier molecular flexibility index (Phi) is 7.73. The SMILES string of the molecule is COc1ccc(OC)c2c(C(=O)NC(=N)N)cc(-c3ccccc3C)nc12.CS(=O)(=O)O. The molecule has 0 aliphatic rings. The molecule has 0 spiro atoms. The van der Waals surface area contributed by atoms with Gasteiger partial charge in [0.1, 0.15) is 17.0 Å². The second-order valence-electron chi connectivity index (χ2n) is 6.66. The summed E-state index contributed by atoms with van der Waals surface area (Å²) in [6.45, 7) is 1.97. The predicted octanol–water partition coefficient (Wildman–Crippen LogP) is 2.35. The number of rotatable bonds is 4. The molecular weight excluding hydrogens is 436 g/mol. The third kappa shape index (κ3) is 6.15. The minimum absolute atomic E-state index is 0.296. The molecule has 5 N–H and O–H groups in total. The number of benzene rings is 2. The van der Waals surface area contributed by atoms with Crippen LogP contribution in [-0.4, -0.2) is 50.3 Å². The Balaban J connectivity index is 0.000000654. The summed E-state index contributed by atoms with van der Waals surface area (Å²) < 4.78 is 36.7. The lowest BCUT2D eigenvalue weighted by Crippen LogP contribution is -2.35. The number of hydrogen-bond donors (Lipinski definition) is 4. The third-order valence-corrected chi connectivity index (χ3v) is 4.24. The molecule has 0 aliphatic carbocycles. The van der Waals surface area contributed by atoms with Crippen molar-refractivity contribution in [2.75, 3.05) is 20.5 Å². The van der Waals surface area contributed by atoms with Gasteiger partial charge in [-0.15, -0.1) is 0 Å². The number of pyridine rings is 1. The van der Waals surface area contributed by atoms with Crippen LogP contribution >= 0.6 is 0 Å². The molecule has 0 saturated heterocycles. The van der Waals surface area contributed by atoms with Crippen molar-refractivity contribution in [3.8, 4) is 22.8 Å². The number of hydrogen-bond acceptors (Lipinski definition) is 7. The van der Waals surface area contributed by atoms with Crippen LogP contribution in [0.1, 0.15) is 15.9 Å². The van der Waals surface area contributed by atoms with E-state index in [1.165, 1.54) is 7.11 Å². The van der Waals surface area contributed by atoms with E-state index in [9.17, 15) is 13.2 Å². The van der Waals surface area contributed by atoms with Gasteiger partial charge < -0.3 is 15.2 Å². The molecule has 1 aromatic heterocycles. The van der Waals surface area contributed by atoms with Crippen molar-refractivity contribution in [3.05, 3.63) is 53.6 Å². The summed E-state index contributed by atoms with van der Waals surface area (Å²) in [5.74, 6) is 0.0296. The zero-order valence-corrected chi connectivity index (χ0v) is 18.8. The van der Waals surface area contributed by atoms with Crippen LogP contribution < -0.4 is 20.5 Å². The standard InChI is InChI=1S/C20H20N4O3.CH4O3S/c1-11-6-4-5-7-12(11)14-10-13(19(25)24-20(21)22)17-15(26-2)8-9-16(27-3)18(17)23-14;1-5(2,3)4/h4-10H,1-3H3,(H4,21,22,24,25);1H3,(H,2,3,4). The molecule has 0 unspecified atom stereocenters. The first-order chi connectivity index (χ1) is 15.0. The van der Waals surface area contributed by atoms with Crippen LogP contribution in [0.5, 0.6) is 11.5 Å². The number of methoxy groups -OCH3 is 2. The Hall–Kier alpha value is -3.70. The average Bonchev–Trinajstić information content (AvgIpc) is 2.70. The molecule has 11 heteroatoms. The molecule has 0 aliphatic heterocycles. The summed E-state index contributed by atoms with van der Waals surface area (Å²) in [6, 6.07) is 12.9. The van der Waals surface area contributed by atoms with E-state index < -0.39 is 22.0 Å². The quantitative estimate of drug-likeness (QED) is 0.262. The van der Waals surface area contributed by atoms with Gasteiger partial charge >= 0.3 is 0 Å². The van der Waals surface area contributed by atoms with E-state index in [1.807, 2.05) is 31.2 Å². The van der Waals surface area contributed by atoms with Gasteiger partial charge in [0.25, 0.3) is 16.0 Å².